The monoisotopic (exact) mass is 643 g/mol. The van der Waals surface area contributed by atoms with E-state index in [-0.39, 0.29) is 27.2 Å². The van der Waals surface area contributed by atoms with Crippen LogP contribution >= 0.6 is 46.4 Å². The summed E-state index contributed by atoms with van der Waals surface area (Å²) in [5.41, 5.74) is 0.0908. The van der Waals surface area contributed by atoms with Crippen LogP contribution in [0.5, 0.6) is 0 Å². The van der Waals surface area contributed by atoms with Gasteiger partial charge in [0, 0.05) is 17.1 Å². The normalized spacial score (nSPS) is 12.5. The fraction of sp³-hybridized carbons (Fsp3) is 0.286. The van der Waals surface area contributed by atoms with Crippen molar-refractivity contribution in [1.82, 2.24) is 10.2 Å². The number of sulfonamides is 1. The fourth-order valence-corrected chi connectivity index (χ4v) is 6.14. The summed E-state index contributed by atoms with van der Waals surface area (Å²) in [6.07, 6.45) is 0. The van der Waals surface area contributed by atoms with Gasteiger partial charge >= 0.3 is 0 Å². The van der Waals surface area contributed by atoms with E-state index >= 15 is 0 Å². The number of nitrogens with one attached hydrogen (secondary N) is 1. The minimum atomic E-state index is -4.26. The average molecular weight is 645 g/mol. The third kappa shape index (κ3) is 8.04. The van der Waals surface area contributed by atoms with Gasteiger partial charge in [-0.3, -0.25) is 13.9 Å². The van der Waals surface area contributed by atoms with Gasteiger partial charge in [0.15, 0.2) is 0 Å². The Morgan fingerprint density at radius 3 is 2.10 bits per heavy atom. The molecule has 0 heterocycles. The van der Waals surface area contributed by atoms with Crippen molar-refractivity contribution in [2.45, 2.75) is 50.7 Å². The highest BCUT2D eigenvalue weighted by Gasteiger charge is 2.34. The smallest absolute Gasteiger partial charge is 0.264 e. The highest BCUT2D eigenvalue weighted by Crippen LogP contribution is 2.33. The second-order valence-corrected chi connectivity index (χ2v) is 13.6. The van der Waals surface area contributed by atoms with Crippen molar-refractivity contribution in [2.75, 3.05) is 10.8 Å². The first-order valence-electron chi connectivity index (χ1n) is 12.2. The number of rotatable bonds is 9. The van der Waals surface area contributed by atoms with E-state index in [1.54, 1.807) is 43.3 Å². The van der Waals surface area contributed by atoms with Crippen LogP contribution in [0.25, 0.3) is 0 Å². The van der Waals surface area contributed by atoms with E-state index in [1.807, 2.05) is 20.8 Å². The van der Waals surface area contributed by atoms with Gasteiger partial charge in [-0.15, -0.1) is 0 Å². The summed E-state index contributed by atoms with van der Waals surface area (Å²) >= 11 is 24.7. The predicted octanol–water partition coefficient (Wildman–Crippen LogP) is 6.83. The van der Waals surface area contributed by atoms with E-state index in [9.17, 15) is 18.0 Å². The van der Waals surface area contributed by atoms with E-state index in [1.165, 1.54) is 35.2 Å². The third-order valence-electron chi connectivity index (χ3n) is 5.79. The summed E-state index contributed by atoms with van der Waals surface area (Å²) in [6.45, 7) is 6.34. The molecular formula is C28H29Cl4N3O4S. The molecule has 40 heavy (non-hydrogen) atoms. The van der Waals surface area contributed by atoms with Crippen LogP contribution in [0, 0.1) is 0 Å². The lowest BCUT2D eigenvalue weighted by atomic mass is 10.1. The average Bonchev–Trinajstić information content (AvgIpc) is 2.87. The topological polar surface area (TPSA) is 86.8 Å². The maximum atomic E-state index is 14.0. The van der Waals surface area contributed by atoms with Gasteiger partial charge in [-0.1, -0.05) is 70.7 Å². The summed E-state index contributed by atoms with van der Waals surface area (Å²) in [6, 6.07) is 15.9. The largest absolute Gasteiger partial charge is 0.350 e. The number of carbonyl (C=O) groups excluding carboxylic acids is 2. The number of amides is 2. The molecule has 0 spiro atoms. The quantitative estimate of drug-likeness (QED) is 0.277. The SMILES string of the molecule is CC(C(=O)NC(C)(C)C)N(Cc1ccc(Cl)c(Cl)c1)C(=O)CN(c1ccc(Cl)cc1Cl)S(=O)(=O)c1ccccc1. The van der Waals surface area contributed by atoms with Crippen molar-refractivity contribution in [3.8, 4) is 0 Å². The molecule has 0 bridgehead atoms. The fourth-order valence-electron chi connectivity index (χ4n) is 3.81. The molecule has 0 aromatic heterocycles. The molecule has 1 atom stereocenters. The molecule has 7 nitrogen and oxygen atoms in total. The van der Waals surface area contributed by atoms with E-state index < -0.39 is 40.0 Å². The molecule has 0 saturated heterocycles. The lowest BCUT2D eigenvalue weighted by molar-refractivity contribution is -0.140. The number of benzene rings is 3. The Balaban J connectivity index is 2.07. The summed E-state index contributed by atoms with van der Waals surface area (Å²) in [4.78, 5) is 28.4. The molecule has 2 amide bonds. The van der Waals surface area contributed by atoms with Crippen LogP contribution in [0.15, 0.2) is 71.6 Å². The Hall–Kier alpha value is -2.49. The summed E-state index contributed by atoms with van der Waals surface area (Å²) in [5.74, 6) is -1.06. The molecule has 1 N–H and O–H groups in total. The number of anilines is 1. The van der Waals surface area contributed by atoms with Gasteiger partial charge in [-0.05, 0) is 75.7 Å². The van der Waals surface area contributed by atoms with Crippen LogP contribution in [0.3, 0.4) is 0 Å². The molecule has 0 aliphatic rings. The molecule has 0 radical (unpaired) electrons. The zero-order chi connectivity index (χ0) is 29.8. The van der Waals surface area contributed by atoms with Crippen molar-refractivity contribution >= 4 is 73.9 Å². The summed E-state index contributed by atoms with van der Waals surface area (Å²) in [5, 5.41) is 3.81. The van der Waals surface area contributed by atoms with E-state index in [4.69, 9.17) is 46.4 Å². The minimum absolute atomic E-state index is 0.0364. The van der Waals surface area contributed by atoms with Gasteiger partial charge < -0.3 is 10.2 Å². The number of hydrogen-bond acceptors (Lipinski definition) is 4. The molecular weight excluding hydrogens is 616 g/mol. The number of carbonyl (C=O) groups is 2. The second-order valence-electron chi connectivity index (χ2n) is 10.1. The molecule has 0 aliphatic carbocycles. The Bertz CT molecular complexity index is 1500. The van der Waals surface area contributed by atoms with E-state index in [2.05, 4.69) is 5.32 Å². The second kappa shape index (κ2) is 13.0. The van der Waals surface area contributed by atoms with Crippen molar-refractivity contribution in [2.24, 2.45) is 0 Å². The first-order valence-corrected chi connectivity index (χ1v) is 15.1. The maximum Gasteiger partial charge on any atom is 0.264 e. The first kappa shape index (κ1) is 32.0. The van der Waals surface area contributed by atoms with Crippen LogP contribution in [-0.4, -0.2) is 43.3 Å². The third-order valence-corrected chi connectivity index (χ3v) is 8.84. The lowest BCUT2D eigenvalue weighted by Gasteiger charge is -2.33. The molecule has 3 aromatic carbocycles. The highest BCUT2D eigenvalue weighted by molar-refractivity contribution is 7.92. The lowest BCUT2D eigenvalue weighted by Crippen LogP contribution is -2.54. The maximum absolute atomic E-state index is 14.0. The van der Waals surface area contributed by atoms with Gasteiger partial charge in [0.1, 0.15) is 12.6 Å². The molecule has 1 unspecified atom stereocenters. The number of nitrogens with zero attached hydrogens (tertiary/aromatic N) is 2. The first-order chi connectivity index (χ1) is 18.6. The van der Waals surface area contributed by atoms with Crippen LogP contribution in [0.1, 0.15) is 33.3 Å². The van der Waals surface area contributed by atoms with Crippen LogP contribution in [0.4, 0.5) is 5.69 Å². The molecule has 0 saturated carbocycles. The van der Waals surface area contributed by atoms with Crippen molar-refractivity contribution < 1.29 is 18.0 Å². The van der Waals surface area contributed by atoms with E-state index in [0.717, 1.165) is 4.31 Å². The van der Waals surface area contributed by atoms with E-state index in [0.29, 0.717) is 15.6 Å². The molecule has 0 fully saturated rings. The Morgan fingerprint density at radius 2 is 1.52 bits per heavy atom. The molecule has 12 heteroatoms. The molecule has 3 rings (SSSR count). The zero-order valence-corrected chi connectivity index (χ0v) is 26.1. The van der Waals surface area contributed by atoms with Gasteiger partial charge in [0.25, 0.3) is 10.0 Å². The predicted molar refractivity (Wildman–Crippen MR) is 162 cm³/mol. The van der Waals surface area contributed by atoms with Gasteiger partial charge in [-0.25, -0.2) is 8.42 Å². The molecule has 0 aliphatic heterocycles. The highest BCUT2D eigenvalue weighted by atomic mass is 35.5. The van der Waals surface area contributed by atoms with Crippen molar-refractivity contribution in [1.29, 1.82) is 0 Å². The Morgan fingerprint density at radius 1 is 0.875 bits per heavy atom. The Kier molecular flexibility index (Phi) is 10.4. The van der Waals surface area contributed by atoms with Crippen LogP contribution in [0.2, 0.25) is 20.1 Å². The summed E-state index contributed by atoms with van der Waals surface area (Å²) in [7, 11) is -4.26. The van der Waals surface area contributed by atoms with Crippen LogP contribution in [-0.2, 0) is 26.2 Å². The summed E-state index contributed by atoms with van der Waals surface area (Å²) < 4.78 is 28.5. The van der Waals surface area contributed by atoms with Gasteiger partial charge in [0.05, 0.1) is 25.7 Å². The van der Waals surface area contributed by atoms with Crippen LogP contribution < -0.4 is 9.62 Å². The standard InChI is InChI=1S/C28H29Cl4N3O4S/c1-18(27(37)33-28(2,3)4)34(16-19-10-12-22(30)23(31)14-19)26(36)17-35(25-13-11-20(29)15-24(25)32)40(38,39)21-8-6-5-7-9-21/h5-15,18H,16-17H2,1-4H3,(H,33,37). The molecule has 3 aromatic rings. The number of halogens is 4. The van der Waals surface area contributed by atoms with Gasteiger partial charge in [-0.2, -0.15) is 0 Å². The number of hydrogen-bond donors (Lipinski definition) is 1. The molecule has 214 valence electrons. The van der Waals surface area contributed by atoms with Crippen molar-refractivity contribution in [3.05, 3.63) is 92.4 Å². The van der Waals surface area contributed by atoms with Crippen molar-refractivity contribution in [3.63, 3.8) is 0 Å². The minimum Gasteiger partial charge on any atom is -0.350 e. The van der Waals surface area contributed by atoms with Gasteiger partial charge in [0.2, 0.25) is 11.8 Å². The zero-order valence-electron chi connectivity index (χ0n) is 22.3. The Labute approximate surface area is 255 Å².